The number of nitrogens with zero attached hydrogens (tertiary/aromatic N) is 1. The Kier molecular flexibility index (Phi) is 4.59. The van der Waals surface area contributed by atoms with Crippen molar-refractivity contribution in [2.45, 2.75) is 39.3 Å². The van der Waals surface area contributed by atoms with Crippen molar-refractivity contribution in [1.82, 2.24) is 4.90 Å². The van der Waals surface area contributed by atoms with Crippen molar-refractivity contribution in [3.8, 4) is 0 Å². The highest BCUT2D eigenvalue weighted by Gasteiger charge is 2.22. The molecule has 0 radical (unpaired) electrons. The minimum absolute atomic E-state index is 0.0432. The fraction of sp³-hybridized carbons (Fsp3) is 0.500. The average molecular weight is 305 g/mol. The molecule has 0 atom stereocenters. The van der Waals surface area contributed by atoms with Gasteiger partial charge in [0.25, 0.3) is 0 Å². The third kappa shape index (κ3) is 4.38. The van der Waals surface area contributed by atoms with Crippen molar-refractivity contribution < 1.29 is 14.3 Å². The number of nitrogens with two attached hydrogens (primary N) is 1. The van der Waals surface area contributed by atoms with E-state index in [9.17, 15) is 9.59 Å². The summed E-state index contributed by atoms with van der Waals surface area (Å²) in [7, 11) is 0. The van der Waals surface area contributed by atoms with Crippen molar-refractivity contribution >= 4 is 23.3 Å². The van der Waals surface area contributed by atoms with E-state index in [0.29, 0.717) is 18.8 Å². The molecule has 1 aromatic rings. The second-order valence-corrected chi connectivity index (χ2v) is 6.42. The molecule has 6 heteroatoms. The zero-order valence-corrected chi connectivity index (χ0v) is 13.3. The van der Waals surface area contributed by atoms with Gasteiger partial charge in [0, 0.05) is 24.5 Å². The van der Waals surface area contributed by atoms with Crippen LogP contribution in [-0.2, 0) is 20.9 Å². The number of amides is 1. The number of nitrogen functional groups attached to an aromatic ring is 1. The van der Waals surface area contributed by atoms with Gasteiger partial charge in [0.05, 0.1) is 13.0 Å². The van der Waals surface area contributed by atoms with Crippen LogP contribution in [0.1, 0.15) is 32.8 Å². The fourth-order valence-corrected chi connectivity index (χ4v) is 2.32. The molecule has 0 fully saturated rings. The summed E-state index contributed by atoms with van der Waals surface area (Å²) in [5, 5.41) is 3.10. The van der Waals surface area contributed by atoms with Crippen molar-refractivity contribution in [2.24, 2.45) is 0 Å². The van der Waals surface area contributed by atoms with Gasteiger partial charge in [-0.05, 0) is 44.5 Å². The van der Waals surface area contributed by atoms with Gasteiger partial charge in [0.1, 0.15) is 5.60 Å². The van der Waals surface area contributed by atoms with Crippen molar-refractivity contribution in [1.29, 1.82) is 0 Å². The monoisotopic (exact) mass is 305 g/mol. The summed E-state index contributed by atoms with van der Waals surface area (Å²) in [6.07, 6.45) is 0.181. The molecule has 22 heavy (non-hydrogen) atoms. The molecule has 1 aliphatic rings. The van der Waals surface area contributed by atoms with Crippen LogP contribution in [0.25, 0.3) is 0 Å². The molecular weight excluding hydrogens is 282 g/mol. The number of esters is 1. The Morgan fingerprint density at radius 1 is 1.41 bits per heavy atom. The Balaban J connectivity index is 2.01. The number of rotatable bonds is 3. The van der Waals surface area contributed by atoms with Gasteiger partial charge >= 0.3 is 5.97 Å². The molecule has 1 aromatic carbocycles. The van der Waals surface area contributed by atoms with Crippen LogP contribution in [0.5, 0.6) is 0 Å². The zero-order chi connectivity index (χ0) is 16.3. The lowest BCUT2D eigenvalue weighted by Gasteiger charge is -2.23. The molecule has 6 nitrogen and oxygen atoms in total. The van der Waals surface area contributed by atoms with E-state index in [2.05, 4.69) is 5.32 Å². The zero-order valence-electron chi connectivity index (χ0n) is 13.3. The van der Waals surface area contributed by atoms with E-state index in [1.54, 1.807) is 11.0 Å². The van der Waals surface area contributed by atoms with Crippen LogP contribution in [0.4, 0.5) is 11.4 Å². The average Bonchev–Trinajstić information content (AvgIpc) is 2.54. The Labute approximate surface area is 130 Å². The van der Waals surface area contributed by atoms with E-state index < -0.39 is 5.60 Å². The first-order valence-corrected chi connectivity index (χ1v) is 7.36. The van der Waals surface area contributed by atoms with Gasteiger partial charge in [0.2, 0.25) is 5.91 Å². The SMILES string of the molecule is CC(C)(C)OC(=O)CCN1Cc2cc(N)ccc2NCC1=O. The van der Waals surface area contributed by atoms with Crippen LogP contribution in [-0.4, -0.2) is 35.5 Å². The minimum Gasteiger partial charge on any atom is -0.460 e. The van der Waals surface area contributed by atoms with Gasteiger partial charge in [-0.1, -0.05) is 0 Å². The van der Waals surface area contributed by atoms with Crippen LogP contribution in [0, 0.1) is 0 Å². The predicted octanol–water partition coefficient (Wildman–Crippen LogP) is 1.75. The molecule has 0 aliphatic carbocycles. The normalized spacial score (nSPS) is 14.9. The molecule has 120 valence electrons. The Morgan fingerprint density at radius 3 is 2.82 bits per heavy atom. The highest BCUT2D eigenvalue weighted by Crippen LogP contribution is 2.23. The molecule has 1 aliphatic heterocycles. The van der Waals surface area contributed by atoms with Gasteiger partial charge in [0.15, 0.2) is 0 Å². The Hall–Kier alpha value is -2.24. The number of benzene rings is 1. The molecule has 0 spiro atoms. The van der Waals surface area contributed by atoms with E-state index >= 15 is 0 Å². The predicted molar refractivity (Wildman–Crippen MR) is 85.2 cm³/mol. The molecule has 2 rings (SSSR count). The number of nitrogens with one attached hydrogen (secondary N) is 1. The Morgan fingerprint density at radius 2 is 2.14 bits per heavy atom. The van der Waals surface area contributed by atoms with Crippen LogP contribution in [0.3, 0.4) is 0 Å². The van der Waals surface area contributed by atoms with E-state index in [1.165, 1.54) is 0 Å². The van der Waals surface area contributed by atoms with E-state index in [0.717, 1.165) is 11.3 Å². The second kappa shape index (κ2) is 6.25. The summed E-state index contributed by atoms with van der Waals surface area (Å²) < 4.78 is 5.27. The third-order valence-corrected chi connectivity index (χ3v) is 3.28. The smallest absolute Gasteiger partial charge is 0.308 e. The molecule has 3 N–H and O–H groups in total. The summed E-state index contributed by atoms with van der Waals surface area (Å²) in [6, 6.07) is 5.52. The maximum Gasteiger partial charge on any atom is 0.308 e. The third-order valence-electron chi connectivity index (χ3n) is 3.28. The molecule has 1 heterocycles. The maximum absolute atomic E-state index is 12.1. The Bertz CT molecular complexity index is 578. The minimum atomic E-state index is -0.511. The van der Waals surface area contributed by atoms with Crippen LogP contribution >= 0.6 is 0 Å². The maximum atomic E-state index is 12.1. The van der Waals surface area contributed by atoms with Gasteiger partial charge in [-0.2, -0.15) is 0 Å². The van der Waals surface area contributed by atoms with Crippen molar-refractivity contribution in [3.63, 3.8) is 0 Å². The van der Waals surface area contributed by atoms with Gasteiger partial charge in [-0.25, -0.2) is 0 Å². The molecular formula is C16H23N3O3. The van der Waals surface area contributed by atoms with Crippen LogP contribution < -0.4 is 11.1 Å². The standard InChI is InChI=1S/C16H23N3O3/c1-16(2,3)22-15(21)6-7-19-10-11-8-12(17)4-5-13(11)18-9-14(19)20/h4-5,8,18H,6-7,9-10,17H2,1-3H3. The second-order valence-electron chi connectivity index (χ2n) is 6.42. The van der Waals surface area contributed by atoms with Gasteiger partial charge in [-0.3, -0.25) is 9.59 Å². The molecule has 0 unspecified atom stereocenters. The summed E-state index contributed by atoms with van der Waals surface area (Å²) in [6.45, 7) is 6.46. The van der Waals surface area contributed by atoms with Crippen molar-refractivity contribution in [3.05, 3.63) is 23.8 Å². The first-order valence-electron chi connectivity index (χ1n) is 7.36. The lowest BCUT2D eigenvalue weighted by Crippen LogP contribution is -2.35. The molecule has 0 bridgehead atoms. The number of anilines is 2. The number of ether oxygens (including phenoxy) is 1. The summed E-state index contributed by atoms with van der Waals surface area (Å²) >= 11 is 0. The van der Waals surface area contributed by atoms with Crippen molar-refractivity contribution in [2.75, 3.05) is 24.1 Å². The molecule has 1 amide bonds. The lowest BCUT2D eigenvalue weighted by molar-refractivity contribution is -0.155. The quantitative estimate of drug-likeness (QED) is 0.656. The molecule has 0 aromatic heterocycles. The number of carbonyl (C=O) groups is 2. The lowest BCUT2D eigenvalue weighted by atomic mass is 10.1. The topological polar surface area (TPSA) is 84.7 Å². The highest BCUT2D eigenvalue weighted by atomic mass is 16.6. The summed E-state index contributed by atoms with van der Waals surface area (Å²) in [4.78, 5) is 25.6. The van der Waals surface area contributed by atoms with Crippen LogP contribution in [0.15, 0.2) is 18.2 Å². The summed E-state index contributed by atoms with van der Waals surface area (Å²) in [5.41, 5.74) is 7.80. The highest BCUT2D eigenvalue weighted by molar-refractivity contribution is 5.83. The number of carbonyl (C=O) groups excluding carboxylic acids is 2. The number of fused-ring (bicyclic) bond motifs is 1. The van der Waals surface area contributed by atoms with E-state index in [1.807, 2.05) is 32.9 Å². The van der Waals surface area contributed by atoms with E-state index in [-0.39, 0.29) is 24.8 Å². The van der Waals surface area contributed by atoms with E-state index in [4.69, 9.17) is 10.5 Å². The van der Waals surface area contributed by atoms with Gasteiger partial charge in [-0.15, -0.1) is 0 Å². The molecule has 0 saturated carbocycles. The van der Waals surface area contributed by atoms with Gasteiger partial charge < -0.3 is 20.7 Å². The fourth-order valence-electron chi connectivity index (χ4n) is 2.32. The first-order chi connectivity index (χ1) is 10.2. The number of hydrogen-bond acceptors (Lipinski definition) is 5. The molecule has 0 saturated heterocycles. The summed E-state index contributed by atoms with van der Waals surface area (Å²) in [5.74, 6) is -0.344. The largest absolute Gasteiger partial charge is 0.460 e. The number of hydrogen-bond donors (Lipinski definition) is 2. The first kappa shape index (κ1) is 16.1. The van der Waals surface area contributed by atoms with Crippen LogP contribution in [0.2, 0.25) is 0 Å².